The normalized spacial score (nSPS) is 25.3. The highest BCUT2D eigenvalue weighted by atomic mass is 19.4. The third kappa shape index (κ3) is 4.47. The van der Waals surface area contributed by atoms with E-state index in [0.717, 1.165) is 37.8 Å². The quantitative estimate of drug-likeness (QED) is 0.340. The van der Waals surface area contributed by atoms with Crippen molar-refractivity contribution in [2.75, 3.05) is 23.3 Å². The Morgan fingerprint density at radius 2 is 1.68 bits per heavy atom. The molecule has 3 aliphatic rings. The van der Waals surface area contributed by atoms with Gasteiger partial charge in [-0.25, -0.2) is 17.9 Å². The Kier molecular flexibility index (Phi) is 6.22. The van der Waals surface area contributed by atoms with E-state index in [1.165, 1.54) is 12.3 Å². The maximum atomic E-state index is 14.7. The van der Waals surface area contributed by atoms with Crippen LogP contribution in [0.3, 0.4) is 0 Å². The van der Waals surface area contributed by atoms with E-state index < -0.39 is 35.2 Å². The second kappa shape index (κ2) is 9.46. The highest BCUT2D eigenvalue weighted by molar-refractivity contribution is 5.49. The van der Waals surface area contributed by atoms with E-state index in [1.807, 2.05) is 4.90 Å². The van der Waals surface area contributed by atoms with Crippen LogP contribution in [0.2, 0.25) is 0 Å². The minimum absolute atomic E-state index is 0.0419. The van der Waals surface area contributed by atoms with Crippen molar-refractivity contribution >= 4 is 11.6 Å². The zero-order valence-electron chi connectivity index (χ0n) is 20.4. The smallest absolute Gasteiger partial charge is 0.371 e. The van der Waals surface area contributed by atoms with Crippen LogP contribution >= 0.6 is 0 Å². The number of alkyl halides is 3. The van der Waals surface area contributed by atoms with Crippen LogP contribution in [0, 0.1) is 29.3 Å². The molecule has 1 saturated carbocycles. The number of aryl methyl sites for hydroxylation is 1. The van der Waals surface area contributed by atoms with Crippen LogP contribution < -0.4 is 10.2 Å². The Morgan fingerprint density at radius 1 is 0.921 bits per heavy atom. The lowest BCUT2D eigenvalue weighted by atomic mass is 9.91. The molecule has 4 atom stereocenters. The number of nitrogens with zero attached hydrogens (tertiary/aromatic N) is 5. The third-order valence-corrected chi connectivity index (χ3v) is 8.09. The largest absolute Gasteiger partial charge is 0.433 e. The van der Waals surface area contributed by atoms with E-state index in [1.54, 1.807) is 10.7 Å². The van der Waals surface area contributed by atoms with Gasteiger partial charge in [-0.05, 0) is 55.7 Å². The summed E-state index contributed by atoms with van der Waals surface area (Å²) in [5.41, 5.74) is -0.334. The second-order valence-corrected chi connectivity index (χ2v) is 10.4. The third-order valence-electron chi connectivity index (χ3n) is 8.09. The van der Waals surface area contributed by atoms with Crippen LogP contribution in [-0.2, 0) is 12.7 Å². The molecular weight excluding hydrogens is 510 g/mol. The lowest BCUT2D eigenvalue weighted by molar-refractivity contribution is -0.141. The maximum absolute atomic E-state index is 14.7. The minimum Gasteiger partial charge on any atom is -0.371 e. The number of pyridine rings is 1. The molecule has 38 heavy (non-hydrogen) atoms. The van der Waals surface area contributed by atoms with Gasteiger partial charge >= 0.3 is 6.18 Å². The molecule has 1 aromatic carbocycles. The molecule has 0 spiro atoms. The summed E-state index contributed by atoms with van der Waals surface area (Å²) in [6.45, 7) is 1.76. The number of piperidine rings is 1. The van der Waals surface area contributed by atoms with Crippen LogP contribution in [0.4, 0.5) is 38.0 Å². The number of benzene rings is 1. The molecule has 2 fully saturated rings. The minimum atomic E-state index is -4.50. The van der Waals surface area contributed by atoms with Crippen molar-refractivity contribution in [1.82, 2.24) is 19.7 Å². The molecule has 6 rings (SSSR count). The molecule has 2 unspecified atom stereocenters. The monoisotopic (exact) mass is 536 g/mol. The first-order valence-corrected chi connectivity index (χ1v) is 12.8. The standard InChI is InChI=1S/C26H26F6N6/c27-19-7-6-17(21(28)22(19)29)18-3-1-2-10-38-24(18)35-25(36-38)34-23-14-4-5-15(23)13-37(12-14)16-8-9-33-20(11-16)26(30,31)32/h6-9,11,14-15,18,23H,1-5,10,12-13H2,(H,34,36)/t14-,15+,18?,23?. The molecule has 2 aromatic heterocycles. The number of hydrogen-bond donors (Lipinski definition) is 1. The second-order valence-electron chi connectivity index (χ2n) is 10.4. The van der Waals surface area contributed by atoms with E-state index in [4.69, 9.17) is 0 Å². The Balaban J connectivity index is 1.22. The number of aromatic nitrogens is 4. The van der Waals surface area contributed by atoms with Gasteiger partial charge < -0.3 is 10.2 Å². The molecule has 1 N–H and O–H groups in total. The van der Waals surface area contributed by atoms with E-state index >= 15 is 0 Å². The number of nitrogens with one attached hydrogen (secondary N) is 1. The molecule has 2 aliphatic heterocycles. The van der Waals surface area contributed by atoms with Crippen molar-refractivity contribution in [1.29, 1.82) is 0 Å². The van der Waals surface area contributed by atoms with Gasteiger partial charge in [-0.2, -0.15) is 18.2 Å². The molecule has 2 bridgehead atoms. The molecule has 6 nitrogen and oxygen atoms in total. The summed E-state index contributed by atoms with van der Waals surface area (Å²) in [5.74, 6) is -3.20. The topological polar surface area (TPSA) is 58.9 Å². The molecule has 0 amide bonds. The number of rotatable bonds is 4. The summed E-state index contributed by atoms with van der Waals surface area (Å²) in [5, 5.41) is 8.07. The molecule has 0 radical (unpaired) electrons. The Labute approximate surface area is 215 Å². The fourth-order valence-electron chi connectivity index (χ4n) is 6.27. The van der Waals surface area contributed by atoms with Crippen LogP contribution in [0.1, 0.15) is 55.1 Å². The van der Waals surface area contributed by atoms with Crippen LogP contribution in [0.15, 0.2) is 30.5 Å². The zero-order chi connectivity index (χ0) is 26.6. The zero-order valence-corrected chi connectivity index (χ0v) is 20.4. The highest BCUT2D eigenvalue weighted by Crippen LogP contribution is 2.41. The summed E-state index contributed by atoms with van der Waals surface area (Å²) in [4.78, 5) is 10.1. The first-order valence-electron chi connectivity index (χ1n) is 12.8. The van der Waals surface area contributed by atoms with Crippen molar-refractivity contribution in [3.63, 3.8) is 0 Å². The van der Waals surface area contributed by atoms with Gasteiger partial charge in [-0.3, -0.25) is 4.98 Å². The van der Waals surface area contributed by atoms with Gasteiger partial charge in [-0.1, -0.05) is 12.5 Å². The number of anilines is 2. The van der Waals surface area contributed by atoms with Crippen molar-refractivity contribution in [3.8, 4) is 0 Å². The Hall–Kier alpha value is -3.31. The molecule has 1 aliphatic carbocycles. The van der Waals surface area contributed by atoms with E-state index in [9.17, 15) is 26.3 Å². The van der Waals surface area contributed by atoms with Gasteiger partial charge in [0.05, 0.1) is 0 Å². The number of halogens is 6. The van der Waals surface area contributed by atoms with Crippen LogP contribution in [0.5, 0.6) is 0 Å². The molecule has 202 valence electrons. The van der Waals surface area contributed by atoms with Gasteiger partial charge in [0.25, 0.3) is 0 Å². The van der Waals surface area contributed by atoms with E-state index in [-0.39, 0.29) is 23.4 Å². The number of hydrogen-bond acceptors (Lipinski definition) is 5. The highest BCUT2D eigenvalue weighted by Gasteiger charge is 2.43. The predicted molar refractivity (Wildman–Crippen MR) is 127 cm³/mol. The summed E-state index contributed by atoms with van der Waals surface area (Å²) in [7, 11) is 0. The molecule has 4 heterocycles. The van der Waals surface area contributed by atoms with Crippen molar-refractivity contribution in [2.45, 2.75) is 56.8 Å². The average molecular weight is 537 g/mol. The summed E-state index contributed by atoms with van der Waals surface area (Å²) < 4.78 is 83.4. The Bertz CT molecular complexity index is 1330. The fourth-order valence-corrected chi connectivity index (χ4v) is 6.27. The SMILES string of the molecule is Fc1ccc(C2CCCCn3nc(NC4[C@@H]5CC[C@H]4CN(c4ccnc(C(F)(F)F)c4)C5)nc32)c(F)c1F. The van der Waals surface area contributed by atoms with Gasteiger partial charge in [0.2, 0.25) is 5.95 Å². The molecule has 1 saturated heterocycles. The average Bonchev–Trinajstić information content (AvgIpc) is 3.30. The van der Waals surface area contributed by atoms with Crippen molar-refractivity contribution < 1.29 is 26.3 Å². The predicted octanol–water partition coefficient (Wildman–Crippen LogP) is 5.75. The van der Waals surface area contributed by atoms with E-state index in [0.29, 0.717) is 43.5 Å². The molecule has 12 heteroatoms. The van der Waals surface area contributed by atoms with Gasteiger partial charge in [0.1, 0.15) is 11.5 Å². The van der Waals surface area contributed by atoms with Gasteiger partial charge in [0.15, 0.2) is 17.5 Å². The fraction of sp³-hybridized carbons (Fsp3) is 0.500. The lowest BCUT2D eigenvalue weighted by Gasteiger charge is -2.39. The first kappa shape index (κ1) is 25.0. The first-order chi connectivity index (χ1) is 18.2. The maximum Gasteiger partial charge on any atom is 0.433 e. The van der Waals surface area contributed by atoms with Gasteiger partial charge in [-0.15, -0.1) is 5.10 Å². The van der Waals surface area contributed by atoms with Crippen LogP contribution in [0.25, 0.3) is 0 Å². The van der Waals surface area contributed by atoms with Crippen molar-refractivity contribution in [2.24, 2.45) is 11.8 Å². The lowest BCUT2D eigenvalue weighted by Crippen LogP contribution is -2.48. The summed E-state index contributed by atoms with van der Waals surface area (Å²) in [6.07, 6.45) is 0.644. The number of fused-ring (bicyclic) bond motifs is 3. The summed E-state index contributed by atoms with van der Waals surface area (Å²) >= 11 is 0. The van der Waals surface area contributed by atoms with Crippen LogP contribution in [-0.4, -0.2) is 38.9 Å². The summed E-state index contributed by atoms with van der Waals surface area (Å²) in [6, 6.07) is 4.95. The van der Waals surface area contributed by atoms with Gasteiger partial charge in [0, 0.05) is 49.0 Å². The van der Waals surface area contributed by atoms with Crippen molar-refractivity contribution in [3.05, 3.63) is 65.0 Å². The molecule has 3 aromatic rings. The van der Waals surface area contributed by atoms with E-state index in [2.05, 4.69) is 20.4 Å². The molecular formula is C26H26F6N6. The Morgan fingerprint density at radius 3 is 2.42 bits per heavy atom.